The molecule has 0 N–H and O–H groups in total. The van der Waals surface area contributed by atoms with Gasteiger partial charge in [-0.1, -0.05) is 30.3 Å². The minimum Gasteiger partial charge on any atom is -0.296 e. The molecular weight excluding hydrogens is 402 g/mol. The third-order valence-electron chi connectivity index (χ3n) is 1.77. The van der Waals surface area contributed by atoms with Crippen molar-refractivity contribution in [3.8, 4) is 0 Å². The Hall–Kier alpha value is 0.150. The fourth-order valence-corrected chi connectivity index (χ4v) is 2.35. The number of benzene rings is 1. The second-order valence-corrected chi connectivity index (χ2v) is 4.70. The van der Waals surface area contributed by atoms with Crippen LogP contribution in [0.25, 0.3) is 0 Å². The Morgan fingerprint density at radius 2 is 1.86 bits per heavy atom. The highest BCUT2D eigenvalue weighted by atomic mass is 127. The van der Waals surface area contributed by atoms with Crippen molar-refractivity contribution in [1.29, 1.82) is 0 Å². The van der Waals surface area contributed by atoms with Gasteiger partial charge in [0.05, 0.1) is 45.7 Å². The van der Waals surface area contributed by atoms with Gasteiger partial charge < -0.3 is 0 Å². The van der Waals surface area contributed by atoms with Crippen LogP contribution in [-0.2, 0) is 0 Å². The standard InChI is InChI=1S/C10H12I2N2/c1-8(2)14(12)10(13-11)9-6-4-3-5-7-9/h3-8H,1-2H3. The number of amidine groups is 1. The van der Waals surface area contributed by atoms with Crippen LogP contribution in [0.5, 0.6) is 0 Å². The van der Waals surface area contributed by atoms with Crippen molar-refractivity contribution >= 4 is 51.6 Å². The van der Waals surface area contributed by atoms with E-state index in [9.17, 15) is 0 Å². The summed E-state index contributed by atoms with van der Waals surface area (Å²) >= 11 is 4.34. The predicted octanol–water partition coefficient (Wildman–Crippen LogP) is 3.84. The lowest BCUT2D eigenvalue weighted by molar-refractivity contribution is 0.588. The van der Waals surface area contributed by atoms with Crippen molar-refractivity contribution in [2.75, 3.05) is 0 Å². The van der Waals surface area contributed by atoms with Gasteiger partial charge in [-0.2, -0.15) is 3.21 Å². The van der Waals surface area contributed by atoms with Gasteiger partial charge in [0.1, 0.15) is 0 Å². The fraction of sp³-hybridized carbons (Fsp3) is 0.300. The first-order valence-electron chi connectivity index (χ1n) is 4.36. The van der Waals surface area contributed by atoms with E-state index in [-0.39, 0.29) is 0 Å². The summed E-state index contributed by atoms with van der Waals surface area (Å²) < 4.78 is 6.42. The fourth-order valence-electron chi connectivity index (χ4n) is 1.04. The molecular formula is C10H12I2N2. The highest BCUT2D eigenvalue weighted by Gasteiger charge is 2.12. The summed E-state index contributed by atoms with van der Waals surface area (Å²) in [6, 6.07) is 10.7. The second kappa shape index (κ2) is 5.89. The molecule has 0 amide bonds. The van der Waals surface area contributed by atoms with Gasteiger partial charge in [-0.25, -0.2) is 0 Å². The first kappa shape index (κ1) is 12.2. The molecule has 1 aromatic carbocycles. The lowest BCUT2D eigenvalue weighted by Gasteiger charge is -2.22. The summed E-state index contributed by atoms with van der Waals surface area (Å²) in [6.07, 6.45) is 0. The van der Waals surface area contributed by atoms with Crippen molar-refractivity contribution in [2.45, 2.75) is 19.9 Å². The summed E-state index contributed by atoms with van der Waals surface area (Å²) in [6.45, 7) is 4.30. The minimum atomic E-state index is 0.448. The van der Waals surface area contributed by atoms with E-state index in [1.54, 1.807) is 0 Å². The first-order valence-corrected chi connectivity index (χ1v) is 6.29. The number of nitrogens with zero attached hydrogens (tertiary/aromatic N) is 2. The highest BCUT2D eigenvalue weighted by Crippen LogP contribution is 2.15. The molecule has 0 saturated carbocycles. The quantitative estimate of drug-likeness (QED) is 0.311. The molecule has 0 radical (unpaired) electrons. The number of hydrogen-bond donors (Lipinski definition) is 0. The SMILES string of the molecule is CC(C)N(I)C(=NI)c1ccccc1. The first-order chi connectivity index (χ1) is 6.66. The van der Waals surface area contributed by atoms with E-state index in [0.29, 0.717) is 6.04 Å². The molecule has 0 fully saturated rings. The molecule has 76 valence electrons. The summed E-state index contributed by atoms with van der Waals surface area (Å²) in [5.74, 6) is 1.02. The lowest BCUT2D eigenvalue weighted by atomic mass is 10.2. The molecule has 0 spiro atoms. The van der Waals surface area contributed by atoms with Crippen molar-refractivity contribution < 1.29 is 0 Å². The molecule has 0 aliphatic rings. The normalized spacial score (nSPS) is 11.9. The van der Waals surface area contributed by atoms with Gasteiger partial charge in [0.15, 0.2) is 5.84 Å². The molecule has 0 atom stereocenters. The van der Waals surface area contributed by atoms with Gasteiger partial charge in [-0.15, -0.1) is 0 Å². The molecule has 2 nitrogen and oxygen atoms in total. The maximum Gasteiger partial charge on any atom is 0.151 e. The average Bonchev–Trinajstić information content (AvgIpc) is 2.20. The van der Waals surface area contributed by atoms with E-state index in [0.717, 1.165) is 11.4 Å². The Morgan fingerprint density at radius 3 is 2.29 bits per heavy atom. The summed E-state index contributed by atoms with van der Waals surface area (Å²) in [7, 11) is 0. The minimum absolute atomic E-state index is 0.448. The van der Waals surface area contributed by atoms with E-state index in [1.807, 2.05) is 41.1 Å². The van der Waals surface area contributed by atoms with E-state index >= 15 is 0 Å². The smallest absolute Gasteiger partial charge is 0.151 e. The molecule has 0 heterocycles. The number of rotatable bonds is 2. The Bertz CT molecular complexity index is 309. The maximum absolute atomic E-state index is 4.28. The largest absolute Gasteiger partial charge is 0.296 e. The summed E-state index contributed by atoms with van der Waals surface area (Å²) in [5.41, 5.74) is 1.16. The van der Waals surface area contributed by atoms with Crippen LogP contribution in [0.3, 0.4) is 0 Å². The Morgan fingerprint density at radius 1 is 1.29 bits per heavy atom. The van der Waals surface area contributed by atoms with Gasteiger partial charge in [-0.05, 0) is 13.8 Å². The zero-order valence-electron chi connectivity index (χ0n) is 8.11. The molecule has 14 heavy (non-hydrogen) atoms. The van der Waals surface area contributed by atoms with Crippen LogP contribution in [0, 0.1) is 0 Å². The molecule has 0 aromatic heterocycles. The molecule has 0 aliphatic carbocycles. The third-order valence-corrected chi connectivity index (χ3v) is 3.80. The predicted molar refractivity (Wildman–Crippen MR) is 78.0 cm³/mol. The Kier molecular flexibility index (Phi) is 5.14. The molecule has 4 heteroatoms. The van der Waals surface area contributed by atoms with Gasteiger partial charge in [0, 0.05) is 11.6 Å². The van der Waals surface area contributed by atoms with Crippen LogP contribution in [0.4, 0.5) is 0 Å². The summed E-state index contributed by atoms with van der Waals surface area (Å²) in [4.78, 5) is 0. The summed E-state index contributed by atoms with van der Waals surface area (Å²) in [5, 5.41) is 0. The van der Waals surface area contributed by atoms with Crippen molar-refractivity contribution in [3.63, 3.8) is 0 Å². The third kappa shape index (κ3) is 3.08. The molecule has 0 unspecified atom stereocenters. The zero-order chi connectivity index (χ0) is 10.6. The average molecular weight is 414 g/mol. The van der Waals surface area contributed by atoms with E-state index < -0.39 is 0 Å². The van der Waals surface area contributed by atoms with Crippen LogP contribution >= 0.6 is 45.7 Å². The van der Waals surface area contributed by atoms with E-state index in [1.165, 1.54) is 0 Å². The van der Waals surface area contributed by atoms with Gasteiger partial charge in [0.2, 0.25) is 0 Å². The van der Waals surface area contributed by atoms with E-state index in [2.05, 4.69) is 55.2 Å². The molecule has 0 bridgehead atoms. The molecule has 1 aromatic rings. The van der Waals surface area contributed by atoms with Crippen LogP contribution in [0.2, 0.25) is 0 Å². The number of halogens is 2. The van der Waals surface area contributed by atoms with Crippen LogP contribution < -0.4 is 0 Å². The van der Waals surface area contributed by atoms with Crippen molar-refractivity contribution in [3.05, 3.63) is 35.9 Å². The maximum atomic E-state index is 4.28. The van der Waals surface area contributed by atoms with Crippen molar-refractivity contribution in [2.24, 2.45) is 3.21 Å². The highest BCUT2D eigenvalue weighted by molar-refractivity contribution is 14.1. The number of hydrogen-bond acceptors (Lipinski definition) is 1. The second-order valence-electron chi connectivity index (χ2n) is 3.18. The Labute approximate surface area is 113 Å². The van der Waals surface area contributed by atoms with Crippen molar-refractivity contribution in [1.82, 2.24) is 3.11 Å². The molecule has 0 saturated heterocycles. The van der Waals surface area contributed by atoms with Gasteiger partial charge in [-0.3, -0.25) is 3.11 Å². The topological polar surface area (TPSA) is 15.6 Å². The van der Waals surface area contributed by atoms with Crippen LogP contribution in [0.1, 0.15) is 19.4 Å². The van der Waals surface area contributed by atoms with Gasteiger partial charge in [0.25, 0.3) is 0 Å². The monoisotopic (exact) mass is 414 g/mol. The Balaban J connectivity index is 2.95. The van der Waals surface area contributed by atoms with Crippen LogP contribution in [0.15, 0.2) is 33.5 Å². The molecule has 1 rings (SSSR count). The zero-order valence-corrected chi connectivity index (χ0v) is 12.4. The van der Waals surface area contributed by atoms with Gasteiger partial charge >= 0.3 is 0 Å². The molecule has 0 aliphatic heterocycles. The van der Waals surface area contributed by atoms with E-state index in [4.69, 9.17) is 0 Å². The lowest BCUT2D eigenvalue weighted by Crippen LogP contribution is -2.27. The van der Waals surface area contributed by atoms with Crippen LogP contribution in [-0.4, -0.2) is 15.0 Å².